The summed E-state index contributed by atoms with van der Waals surface area (Å²) in [4.78, 5) is 18.4. The van der Waals surface area contributed by atoms with Crippen LogP contribution in [0.25, 0.3) is 0 Å². The van der Waals surface area contributed by atoms with Crippen LogP contribution in [0, 0.1) is 0 Å². The molecule has 0 saturated heterocycles. The van der Waals surface area contributed by atoms with Gasteiger partial charge in [-0.15, -0.1) is 0 Å². The fraction of sp³-hybridized carbons (Fsp3) is 0.600. The first-order valence-electron chi connectivity index (χ1n) is 7.23. The molecule has 1 aromatic rings. The second kappa shape index (κ2) is 8.53. The van der Waals surface area contributed by atoms with E-state index in [1.807, 2.05) is 0 Å². The van der Waals surface area contributed by atoms with Gasteiger partial charge in [-0.25, -0.2) is 9.78 Å². The van der Waals surface area contributed by atoms with Crippen LogP contribution in [-0.4, -0.2) is 48.1 Å². The lowest BCUT2D eigenvalue weighted by molar-refractivity contribution is 0.0527. The van der Waals surface area contributed by atoms with Crippen molar-refractivity contribution in [3.05, 3.63) is 23.9 Å². The molecule has 1 rings (SSSR count). The Labute approximate surface area is 121 Å². The van der Waals surface area contributed by atoms with Gasteiger partial charge in [-0.2, -0.15) is 0 Å². The maximum absolute atomic E-state index is 11.9. The number of pyridine rings is 1. The number of hydrogen-bond donors (Lipinski definition) is 1. The number of nitrogens with zero attached hydrogens (tertiary/aromatic N) is 2. The molecule has 20 heavy (non-hydrogen) atoms. The summed E-state index contributed by atoms with van der Waals surface area (Å²) in [6.45, 7) is 11.5. The SMILES string of the molecule is CCOC(=O)c1cccnc1NC(C)CN(CC)CC. The molecule has 5 heteroatoms. The summed E-state index contributed by atoms with van der Waals surface area (Å²) in [5.41, 5.74) is 0.487. The van der Waals surface area contributed by atoms with Crippen LogP contribution >= 0.6 is 0 Å². The zero-order chi connectivity index (χ0) is 15.0. The predicted molar refractivity (Wildman–Crippen MR) is 81.1 cm³/mol. The molecule has 1 aromatic heterocycles. The van der Waals surface area contributed by atoms with E-state index >= 15 is 0 Å². The average molecular weight is 279 g/mol. The molecule has 0 spiro atoms. The molecule has 1 N–H and O–H groups in total. The molecule has 0 aliphatic carbocycles. The smallest absolute Gasteiger partial charge is 0.341 e. The molecule has 0 aliphatic heterocycles. The van der Waals surface area contributed by atoms with Gasteiger partial charge in [0.25, 0.3) is 0 Å². The fourth-order valence-electron chi connectivity index (χ4n) is 2.04. The van der Waals surface area contributed by atoms with Crippen molar-refractivity contribution in [2.45, 2.75) is 33.7 Å². The lowest BCUT2D eigenvalue weighted by Crippen LogP contribution is -2.35. The molecule has 0 bridgehead atoms. The lowest BCUT2D eigenvalue weighted by Gasteiger charge is -2.24. The van der Waals surface area contributed by atoms with Crippen molar-refractivity contribution >= 4 is 11.8 Å². The van der Waals surface area contributed by atoms with Gasteiger partial charge in [0.05, 0.1) is 6.61 Å². The van der Waals surface area contributed by atoms with E-state index in [9.17, 15) is 4.79 Å². The second-order valence-electron chi connectivity index (χ2n) is 4.65. The maximum atomic E-state index is 11.9. The number of ether oxygens (including phenoxy) is 1. The van der Waals surface area contributed by atoms with Crippen molar-refractivity contribution in [2.75, 3.05) is 31.6 Å². The molecule has 0 aliphatic rings. The van der Waals surface area contributed by atoms with Crippen LogP contribution in [0.15, 0.2) is 18.3 Å². The summed E-state index contributed by atoms with van der Waals surface area (Å²) < 4.78 is 5.04. The minimum Gasteiger partial charge on any atom is -0.462 e. The van der Waals surface area contributed by atoms with Crippen LogP contribution < -0.4 is 5.32 Å². The van der Waals surface area contributed by atoms with E-state index in [1.165, 1.54) is 0 Å². The van der Waals surface area contributed by atoms with E-state index in [-0.39, 0.29) is 12.0 Å². The minimum absolute atomic E-state index is 0.206. The van der Waals surface area contributed by atoms with Crippen molar-refractivity contribution < 1.29 is 9.53 Å². The number of rotatable bonds is 8. The van der Waals surface area contributed by atoms with Gasteiger partial charge in [0.15, 0.2) is 0 Å². The number of likely N-dealkylation sites (N-methyl/N-ethyl adjacent to an activating group) is 1. The summed E-state index contributed by atoms with van der Waals surface area (Å²) in [5, 5.41) is 3.30. The molecule has 1 unspecified atom stereocenters. The quantitative estimate of drug-likeness (QED) is 0.741. The van der Waals surface area contributed by atoms with Crippen LogP contribution in [0.4, 0.5) is 5.82 Å². The first-order chi connectivity index (χ1) is 9.62. The fourth-order valence-corrected chi connectivity index (χ4v) is 2.04. The zero-order valence-electron chi connectivity index (χ0n) is 12.8. The third-order valence-corrected chi connectivity index (χ3v) is 3.11. The number of esters is 1. The summed E-state index contributed by atoms with van der Waals surface area (Å²) in [7, 11) is 0. The van der Waals surface area contributed by atoms with E-state index in [2.05, 4.69) is 36.0 Å². The number of anilines is 1. The first-order valence-corrected chi connectivity index (χ1v) is 7.23. The number of aromatic nitrogens is 1. The monoisotopic (exact) mass is 279 g/mol. The summed E-state index contributed by atoms with van der Waals surface area (Å²) in [6.07, 6.45) is 1.68. The number of carbonyl (C=O) groups is 1. The van der Waals surface area contributed by atoms with Crippen molar-refractivity contribution in [3.8, 4) is 0 Å². The largest absolute Gasteiger partial charge is 0.462 e. The van der Waals surface area contributed by atoms with Gasteiger partial charge in [-0.05, 0) is 39.1 Å². The van der Waals surface area contributed by atoms with Crippen LogP contribution in [0.5, 0.6) is 0 Å². The maximum Gasteiger partial charge on any atom is 0.341 e. The van der Waals surface area contributed by atoms with Crippen molar-refractivity contribution in [1.29, 1.82) is 0 Å². The normalized spacial score (nSPS) is 12.2. The van der Waals surface area contributed by atoms with E-state index in [0.29, 0.717) is 18.0 Å². The minimum atomic E-state index is -0.335. The summed E-state index contributed by atoms with van der Waals surface area (Å²) >= 11 is 0. The van der Waals surface area contributed by atoms with Gasteiger partial charge in [0, 0.05) is 18.8 Å². The Hall–Kier alpha value is -1.62. The van der Waals surface area contributed by atoms with E-state index in [0.717, 1.165) is 19.6 Å². The molecule has 0 fully saturated rings. The van der Waals surface area contributed by atoms with Crippen LogP contribution in [-0.2, 0) is 4.74 Å². The van der Waals surface area contributed by atoms with Gasteiger partial charge in [-0.1, -0.05) is 13.8 Å². The summed E-state index contributed by atoms with van der Waals surface area (Å²) in [5.74, 6) is 0.253. The van der Waals surface area contributed by atoms with Crippen LogP contribution in [0.3, 0.4) is 0 Å². The Morgan fingerprint density at radius 3 is 2.70 bits per heavy atom. The third-order valence-electron chi connectivity index (χ3n) is 3.11. The van der Waals surface area contributed by atoms with E-state index in [4.69, 9.17) is 4.74 Å². The number of carbonyl (C=O) groups excluding carboxylic acids is 1. The highest BCUT2D eigenvalue weighted by atomic mass is 16.5. The van der Waals surface area contributed by atoms with Gasteiger partial charge in [-0.3, -0.25) is 0 Å². The molecule has 1 heterocycles. The van der Waals surface area contributed by atoms with Gasteiger partial charge >= 0.3 is 5.97 Å². The topological polar surface area (TPSA) is 54.5 Å². The molecule has 0 radical (unpaired) electrons. The van der Waals surface area contributed by atoms with Crippen LogP contribution in [0.1, 0.15) is 38.1 Å². The number of hydrogen-bond acceptors (Lipinski definition) is 5. The Kier molecular flexibility index (Phi) is 7.01. The number of nitrogens with one attached hydrogen (secondary N) is 1. The molecule has 0 amide bonds. The molecular formula is C15H25N3O2. The molecule has 1 atom stereocenters. The molecule has 112 valence electrons. The first kappa shape index (κ1) is 16.4. The van der Waals surface area contributed by atoms with Gasteiger partial charge < -0.3 is 15.0 Å². The molecule has 0 aromatic carbocycles. The second-order valence-corrected chi connectivity index (χ2v) is 4.65. The van der Waals surface area contributed by atoms with Crippen molar-refractivity contribution in [1.82, 2.24) is 9.88 Å². The summed E-state index contributed by atoms with van der Waals surface area (Å²) in [6, 6.07) is 3.68. The van der Waals surface area contributed by atoms with Gasteiger partial charge in [0.1, 0.15) is 11.4 Å². The highest BCUT2D eigenvalue weighted by Gasteiger charge is 2.15. The Bertz CT molecular complexity index is 419. The van der Waals surface area contributed by atoms with Crippen molar-refractivity contribution in [3.63, 3.8) is 0 Å². The predicted octanol–water partition coefficient (Wildman–Crippen LogP) is 2.40. The molecular weight excluding hydrogens is 254 g/mol. The van der Waals surface area contributed by atoms with Crippen LogP contribution in [0.2, 0.25) is 0 Å². The van der Waals surface area contributed by atoms with E-state index < -0.39 is 0 Å². The highest BCUT2D eigenvalue weighted by molar-refractivity contribution is 5.94. The third kappa shape index (κ3) is 4.81. The Morgan fingerprint density at radius 1 is 1.40 bits per heavy atom. The van der Waals surface area contributed by atoms with E-state index in [1.54, 1.807) is 25.3 Å². The molecule has 5 nitrogen and oxygen atoms in total. The zero-order valence-corrected chi connectivity index (χ0v) is 12.8. The average Bonchev–Trinajstić information content (AvgIpc) is 2.45. The highest BCUT2D eigenvalue weighted by Crippen LogP contribution is 2.14. The lowest BCUT2D eigenvalue weighted by atomic mass is 10.2. The Morgan fingerprint density at radius 2 is 2.10 bits per heavy atom. The Balaban J connectivity index is 2.74. The standard InChI is InChI=1S/C15H25N3O2/c1-5-18(6-2)11-12(4)17-14-13(9-8-10-16-14)15(19)20-7-3/h8-10,12H,5-7,11H2,1-4H3,(H,16,17). The van der Waals surface area contributed by atoms with Gasteiger partial charge in [0.2, 0.25) is 0 Å². The molecule has 0 saturated carbocycles. The van der Waals surface area contributed by atoms with Crippen molar-refractivity contribution in [2.24, 2.45) is 0 Å².